The first-order chi connectivity index (χ1) is 8.75. The first-order valence-corrected chi connectivity index (χ1v) is 7.80. The molecule has 0 amide bonds. The number of nitrogens with zero attached hydrogens (tertiary/aromatic N) is 1. The van der Waals surface area contributed by atoms with Gasteiger partial charge in [-0.25, -0.2) is 0 Å². The zero-order chi connectivity index (χ0) is 12.8. The Morgan fingerprint density at radius 3 is 2.78 bits per heavy atom. The third-order valence-corrected chi connectivity index (χ3v) is 4.39. The predicted molar refractivity (Wildman–Crippen MR) is 81.1 cm³/mol. The molecule has 1 aliphatic rings. The lowest BCUT2D eigenvalue weighted by Crippen LogP contribution is -2.35. The van der Waals surface area contributed by atoms with Crippen LogP contribution in [-0.4, -0.2) is 31.1 Å². The fourth-order valence-corrected chi connectivity index (χ4v) is 2.90. The van der Waals surface area contributed by atoms with Crippen molar-refractivity contribution >= 4 is 27.5 Å². The average Bonchev–Trinajstić information content (AvgIpc) is 2.40. The Kier molecular flexibility index (Phi) is 5.96. The minimum atomic E-state index is 0.797. The molecular weight excluding hydrogens is 312 g/mol. The lowest BCUT2D eigenvalue weighted by molar-refractivity contribution is 0.229. The molecular formula is C14H20BrClN2. The van der Waals surface area contributed by atoms with E-state index in [-0.39, 0.29) is 0 Å². The van der Waals surface area contributed by atoms with Crippen LogP contribution in [0.15, 0.2) is 22.7 Å². The standard InChI is InChI=1S/C14H20BrClN2/c15-14-5-4-13(16)10-12(14)11-17-6-9-18-7-2-1-3-8-18/h4-5,10,17H,1-3,6-9,11H2. The maximum Gasteiger partial charge on any atom is 0.0410 e. The monoisotopic (exact) mass is 330 g/mol. The molecule has 0 radical (unpaired) electrons. The van der Waals surface area contributed by atoms with Crippen molar-refractivity contribution in [1.82, 2.24) is 10.2 Å². The zero-order valence-corrected chi connectivity index (χ0v) is 12.9. The predicted octanol–water partition coefficient (Wildman–Crippen LogP) is 3.68. The van der Waals surface area contributed by atoms with E-state index in [1.54, 1.807) is 0 Å². The second-order valence-electron chi connectivity index (χ2n) is 4.81. The number of halogens is 2. The van der Waals surface area contributed by atoms with Crippen molar-refractivity contribution in [3.8, 4) is 0 Å². The van der Waals surface area contributed by atoms with E-state index in [9.17, 15) is 0 Å². The van der Waals surface area contributed by atoms with E-state index in [1.165, 1.54) is 37.9 Å². The number of benzene rings is 1. The molecule has 4 heteroatoms. The number of nitrogens with one attached hydrogen (secondary N) is 1. The maximum absolute atomic E-state index is 5.99. The lowest BCUT2D eigenvalue weighted by Gasteiger charge is -2.26. The molecule has 0 spiro atoms. The summed E-state index contributed by atoms with van der Waals surface area (Å²) >= 11 is 9.54. The Morgan fingerprint density at radius 2 is 2.00 bits per heavy atom. The zero-order valence-electron chi connectivity index (χ0n) is 10.6. The van der Waals surface area contributed by atoms with Crippen LogP contribution >= 0.6 is 27.5 Å². The van der Waals surface area contributed by atoms with Crippen LogP contribution in [0.25, 0.3) is 0 Å². The first kappa shape index (κ1) is 14.3. The van der Waals surface area contributed by atoms with Crippen LogP contribution in [0.5, 0.6) is 0 Å². The Bertz CT molecular complexity index is 378. The van der Waals surface area contributed by atoms with Gasteiger partial charge in [0.15, 0.2) is 0 Å². The van der Waals surface area contributed by atoms with E-state index >= 15 is 0 Å². The number of hydrogen-bond donors (Lipinski definition) is 1. The van der Waals surface area contributed by atoms with Gasteiger partial charge in [-0.15, -0.1) is 0 Å². The van der Waals surface area contributed by atoms with E-state index in [1.807, 2.05) is 18.2 Å². The van der Waals surface area contributed by atoms with Crippen molar-refractivity contribution in [2.75, 3.05) is 26.2 Å². The second kappa shape index (κ2) is 7.49. The fraction of sp³-hybridized carbons (Fsp3) is 0.571. The van der Waals surface area contributed by atoms with Crippen LogP contribution in [0.2, 0.25) is 5.02 Å². The Hall–Kier alpha value is -0.0900. The van der Waals surface area contributed by atoms with Gasteiger partial charge in [-0.1, -0.05) is 34.0 Å². The maximum atomic E-state index is 5.99. The molecule has 2 nitrogen and oxygen atoms in total. The second-order valence-corrected chi connectivity index (χ2v) is 6.11. The van der Waals surface area contributed by atoms with E-state index in [2.05, 4.69) is 26.1 Å². The molecule has 0 aromatic heterocycles. The molecule has 1 aliphatic heterocycles. The van der Waals surface area contributed by atoms with Crippen molar-refractivity contribution in [2.45, 2.75) is 25.8 Å². The third kappa shape index (κ3) is 4.54. The number of hydrogen-bond acceptors (Lipinski definition) is 2. The molecule has 0 bridgehead atoms. The topological polar surface area (TPSA) is 15.3 Å². The van der Waals surface area contributed by atoms with Crippen LogP contribution in [0.3, 0.4) is 0 Å². The van der Waals surface area contributed by atoms with Crippen molar-refractivity contribution in [1.29, 1.82) is 0 Å². The van der Waals surface area contributed by atoms with Gasteiger partial charge >= 0.3 is 0 Å². The number of rotatable bonds is 5. The van der Waals surface area contributed by atoms with E-state index in [0.29, 0.717) is 0 Å². The smallest absolute Gasteiger partial charge is 0.0410 e. The highest BCUT2D eigenvalue weighted by atomic mass is 79.9. The van der Waals surface area contributed by atoms with E-state index in [4.69, 9.17) is 11.6 Å². The average molecular weight is 332 g/mol. The molecule has 1 aromatic rings. The molecule has 0 atom stereocenters. The molecule has 1 N–H and O–H groups in total. The molecule has 1 aromatic carbocycles. The molecule has 1 heterocycles. The summed E-state index contributed by atoms with van der Waals surface area (Å²) in [7, 11) is 0. The first-order valence-electron chi connectivity index (χ1n) is 6.63. The highest BCUT2D eigenvalue weighted by Crippen LogP contribution is 2.20. The molecule has 2 rings (SSSR count). The van der Waals surface area contributed by atoms with Crippen LogP contribution in [-0.2, 0) is 6.54 Å². The highest BCUT2D eigenvalue weighted by molar-refractivity contribution is 9.10. The number of likely N-dealkylation sites (tertiary alicyclic amines) is 1. The molecule has 1 saturated heterocycles. The Balaban J connectivity index is 1.69. The van der Waals surface area contributed by atoms with Gasteiger partial charge in [0.1, 0.15) is 0 Å². The van der Waals surface area contributed by atoms with Gasteiger partial charge in [0, 0.05) is 29.1 Å². The van der Waals surface area contributed by atoms with E-state index < -0.39 is 0 Å². The lowest BCUT2D eigenvalue weighted by atomic mass is 10.1. The molecule has 0 aliphatic carbocycles. The van der Waals surface area contributed by atoms with Gasteiger partial charge in [0.25, 0.3) is 0 Å². The van der Waals surface area contributed by atoms with Gasteiger partial charge in [0.05, 0.1) is 0 Å². The van der Waals surface area contributed by atoms with Gasteiger partial charge in [0.2, 0.25) is 0 Å². The summed E-state index contributed by atoms with van der Waals surface area (Å²) in [5.41, 5.74) is 1.22. The van der Waals surface area contributed by atoms with Gasteiger partial charge in [-0.2, -0.15) is 0 Å². The van der Waals surface area contributed by atoms with Crippen LogP contribution < -0.4 is 5.32 Å². The Morgan fingerprint density at radius 1 is 1.22 bits per heavy atom. The van der Waals surface area contributed by atoms with Gasteiger partial charge < -0.3 is 10.2 Å². The van der Waals surface area contributed by atoms with Crippen LogP contribution in [0, 0.1) is 0 Å². The van der Waals surface area contributed by atoms with Gasteiger partial charge in [-0.05, 0) is 49.7 Å². The SMILES string of the molecule is Clc1ccc(Br)c(CNCCN2CCCCC2)c1. The van der Waals surface area contributed by atoms with E-state index in [0.717, 1.165) is 29.1 Å². The molecule has 18 heavy (non-hydrogen) atoms. The van der Waals surface area contributed by atoms with Crippen molar-refractivity contribution < 1.29 is 0 Å². The molecule has 100 valence electrons. The van der Waals surface area contributed by atoms with Crippen LogP contribution in [0.1, 0.15) is 24.8 Å². The van der Waals surface area contributed by atoms with Crippen molar-refractivity contribution in [3.05, 3.63) is 33.3 Å². The summed E-state index contributed by atoms with van der Waals surface area (Å²) in [6, 6.07) is 5.92. The summed E-state index contributed by atoms with van der Waals surface area (Å²) in [6.45, 7) is 5.59. The van der Waals surface area contributed by atoms with Crippen molar-refractivity contribution in [3.63, 3.8) is 0 Å². The van der Waals surface area contributed by atoms with Crippen LogP contribution in [0.4, 0.5) is 0 Å². The minimum absolute atomic E-state index is 0.797. The molecule has 0 unspecified atom stereocenters. The summed E-state index contributed by atoms with van der Waals surface area (Å²) in [6.07, 6.45) is 4.12. The highest BCUT2D eigenvalue weighted by Gasteiger charge is 2.08. The molecule has 1 fully saturated rings. The third-order valence-electron chi connectivity index (χ3n) is 3.38. The quantitative estimate of drug-likeness (QED) is 0.828. The fourth-order valence-electron chi connectivity index (χ4n) is 2.32. The Labute approximate surface area is 123 Å². The largest absolute Gasteiger partial charge is 0.311 e. The summed E-state index contributed by atoms with van der Waals surface area (Å²) < 4.78 is 1.12. The van der Waals surface area contributed by atoms with Gasteiger partial charge in [-0.3, -0.25) is 0 Å². The summed E-state index contributed by atoms with van der Waals surface area (Å²) in [5.74, 6) is 0. The summed E-state index contributed by atoms with van der Waals surface area (Å²) in [4.78, 5) is 2.55. The molecule has 0 saturated carbocycles. The number of piperidine rings is 1. The minimum Gasteiger partial charge on any atom is -0.311 e. The normalized spacial score (nSPS) is 17.0. The summed E-state index contributed by atoms with van der Waals surface area (Å²) in [5, 5.41) is 4.28. The van der Waals surface area contributed by atoms with Crippen molar-refractivity contribution in [2.24, 2.45) is 0 Å².